The van der Waals surface area contributed by atoms with Crippen molar-refractivity contribution in [1.29, 1.82) is 0 Å². The lowest BCUT2D eigenvalue weighted by Gasteiger charge is -2.31. The molecule has 4 heteroatoms. The fraction of sp³-hybridized carbons (Fsp3) is 0.846. The quantitative estimate of drug-likeness (QED) is 0.802. The summed E-state index contributed by atoms with van der Waals surface area (Å²) in [6.07, 6.45) is 5.17. The molecule has 2 fully saturated rings. The van der Waals surface area contributed by atoms with Crippen LogP contribution in [0.5, 0.6) is 0 Å². The fourth-order valence-electron chi connectivity index (χ4n) is 2.57. The van der Waals surface area contributed by atoms with E-state index in [4.69, 9.17) is 0 Å². The Labute approximate surface area is 103 Å². The number of carbonyl (C=O) groups excluding carboxylic acids is 2. The molecule has 2 rings (SSSR count). The number of nitrogens with one attached hydrogen (secondary N) is 1. The van der Waals surface area contributed by atoms with Crippen molar-refractivity contribution in [3.05, 3.63) is 0 Å². The van der Waals surface area contributed by atoms with Crippen LogP contribution in [0.15, 0.2) is 0 Å². The van der Waals surface area contributed by atoms with Crippen LogP contribution in [0.3, 0.4) is 0 Å². The van der Waals surface area contributed by atoms with Crippen molar-refractivity contribution in [2.24, 2.45) is 5.92 Å². The highest BCUT2D eigenvalue weighted by Gasteiger charge is 2.33. The summed E-state index contributed by atoms with van der Waals surface area (Å²) in [7, 11) is 0. The minimum Gasteiger partial charge on any atom is -0.345 e. The first-order valence-corrected chi connectivity index (χ1v) is 6.71. The fourth-order valence-corrected chi connectivity index (χ4v) is 2.57. The largest absolute Gasteiger partial charge is 0.345 e. The van der Waals surface area contributed by atoms with Gasteiger partial charge < -0.3 is 10.2 Å². The summed E-state index contributed by atoms with van der Waals surface area (Å²) in [5.41, 5.74) is 0. The van der Waals surface area contributed by atoms with Gasteiger partial charge >= 0.3 is 0 Å². The maximum Gasteiger partial charge on any atom is 0.245 e. The molecule has 1 heterocycles. The molecule has 0 aromatic carbocycles. The Morgan fingerprint density at radius 2 is 2.12 bits per heavy atom. The van der Waals surface area contributed by atoms with E-state index in [1.54, 1.807) is 6.92 Å². The molecule has 1 N–H and O–H groups in total. The van der Waals surface area contributed by atoms with Crippen LogP contribution in [-0.4, -0.2) is 35.3 Å². The lowest BCUT2D eigenvalue weighted by Crippen LogP contribution is -2.47. The summed E-state index contributed by atoms with van der Waals surface area (Å²) < 4.78 is 0. The van der Waals surface area contributed by atoms with Gasteiger partial charge in [0.1, 0.15) is 6.04 Å². The Morgan fingerprint density at radius 1 is 1.41 bits per heavy atom. The third kappa shape index (κ3) is 2.99. The maximum absolute atomic E-state index is 12.2. The average Bonchev–Trinajstić information content (AvgIpc) is 3.10. The number of amides is 2. The number of rotatable bonds is 4. The molecule has 1 saturated carbocycles. The van der Waals surface area contributed by atoms with Crippen molar-refractivity contribution in [1.82, 2.24) is 10.2 Å². The topological polar surface area (TPSA) is 49.4 Å². The Balaban J connectivity index is 2.04. The van der Waals surface area contributed by atoms with Gasteiger partial charge in [0, 0.05) is 19.0 Å². The number of nitrogens with zero attached hydrogens (tertiary/aromatic N) is 1. The van der Waals surface area contributed by atoms with Crippen LogP contribution in [0.4, 0.5) is 0 Å². The molecule has 2 atom stereocenters. The normalized spacial score (nSPS) is 27.6. The maximum atomic E-state index is 12.2. The van der Waals surface area contributed by atoms with Crippen molar-refractivity contribution in [2.75, 3.05) is 6.54 Å². The molecule has 0 spiro atoms. The smallest absolute Gasteiger partial charge is 0.245 e. The average molecular weight is 238 g/mol. The molecule has 0 aromatic rings. The molecule has 2 aliphatic rings. The Hall–Kier alpha value is -1.06. The van der Waals surface area contributed by atoms with Gasteiger partial charge in [-0.05, 0) is 25.7 Å². The number of hydrogen-bond acceptors (Lipinski definition) is 2. The molecule has 1 aliphatic heterocycles. The second-order valence-corrected chi connectivity index (χ2v) is 5.31. The molecule has 96 valence electrons. The zero-order valence-electron chi connectivity index (χ0n) is 10.7. The van der Waals surface area contributed by atoms with Crippen molar-refractivity contribution in [3.63, 3.8) is 0 Å². The van der Waals surface area contributed by atoms with Crippen LogP contribution in [-0.2, 0) is 9.59 Å². The molecular weight excluding hydrogens is 216 g/mol. The van der Waals surface area contributed by atoms with Gasteiger partial charge in [0.25, 0.3) is 0 Å². The Kier molecular flexibility index (Phi) is 3.69. The van der Waals surface area contributed by atoms with E-state index in [2.05, 4.69) is 12.2 Å². The van der Waals surface area contributed by atoms with Crippen LogP contribution < -0.4 is 5.32 Å². The van der Waals surface area contributed by atoms with Crippen LogP contribution in [0.1, 0.15) is 46.0 Å². The molecule has 1 saturated heterocycles. The van der Waals surface area contributed by atoms with Gasteiger partial charge in [-0.1, -0.05) is 19.8 Å². The number of hydrogen-bond donors (Lipinski definition) is 1. The SMILES string of the molecule is CCC(CC1CC1)N1CCC(=O)NC(C)C1=O. The van der Waals surface area contributed by atoms with E-state index in [9.17, 15) is 9.59 Å². The summed E-state index contributed by atoms with van der Waals surface area (Å²) in [4.78, 5) is 25.6. The summed E-state index contributed by atoms with van der Waals surface area (Å²) in [5.74, 6) is 0.896. The minimum absolute atomic E-state index is 0.00498. The molecular formula is C13H22N2O2. The van der Waals surface area contributed by atoms with Crippen LogP contribution in [0.2, 0.25) is 0 Å². The van der Waals surface area contributed by atoms with Gasteiger partial charge in [0.2, 0.25) is 11.8 Å². The first-order chi connectivity index (χ1) is 8.11. The lowest BCUT2D eigenvalue weighted by molar-refractivity contribution is -0.135. The molecule has 17 heavy (non-hydrogen) atoms. The molecule has 2 unspecified atom stereocenters. The van der Waals surface area contributed by atoms with Crippen molar-refractivity contribution in [2.45, 2.75) is 58.0 Å². The summed E-state index contributed by atoms with van der Waals surface area (Å²) in [6.45, 7) is 4.49. The van der Waals surface area contributed by atoms with Crippen LogP contribution in [0, 0.1) is 5.92 Å². The molecule has 2 amide bonds. The molecule has 1 aliphatic carbocycles. The van der Waals surface area contributed by atoms with Crippen LogP contribution in [0.25, 0.3) is 0 Å². The summed E-state index contributed by atoms with van der Waals surface area (Å²) in [5, 5.41) is 2.74. The second kappa shape index (κ2) is 5.07. The zero-order valence-corrected chi connectivity index (χ0v) is 10.7. The minimum atomic E-state index is -0.363. The summed E-state index contributed by atoms with van der Waals surface area (Å²) in [6, 6.07) is -0.0385. The number of carbonyl (C=O) groups is 2. The predicted octanol–water partition coefficient (Wildman–Crippen LogP) is 1.30. The van der Waals surface area contributed by atoms with Crippen molar-refractivity contribution < 1.29 is 9.59 Å². The highest BCUT2D eigenvalue weighted by Crippen LogP contribution is 2.35. The highest BCUT2D eigenvalue weighted by molar-refractivity contribution is 5.89. The predicted molar refractivity (Wildman–Crippen MR) is 65.4 cm³/mol. The highest BCUT2D eigenvalue weighted by atomic mass is 16.2. The van der Waals surface area contributed by atoms with Gasteiger partial charge in [-0.15, -0.1) is 0 Å². The van der Waals surface area contributed by atoms with E-state index < -0.39 is 0 Å². The monoisotopic (exact) mass is 238 g/mol. The molecule has 4 nitrogen and oxygen atoms in total. The van der Waals surface area contributed by atoms with E-state index >= 15 is 0 Å². The van der Waals surface area contributed by atoms with Crippen molar-refractivity contribution >= 4 is 11.8 Å². The van der Waals surface area contributed by atoms with E-state index in [1.165, 1.54) is 12.8 Å². The van der Waals surface area contributed by atoms with E-state index in [1.807, 2.05) is 4.90 Å². The molecule has 0 radical (unpaired) electrons. The molecule has 0 bridgehead atoms. The molecule has 0 aromatic heterocycles. The lowest BCUT2D eigenvalue weighted by atomic mass is 10.0. The van der Waals surface area contributed by atoms with E-state index in [0.29, 0.717) is 19.0 Å². The van der Waals surface area contributed by atoms with Gasteiger partial charge in [0.15, 0.2) is 0 Å². The third-order valence-electron chi connectivity index (χ3n) is 3.83. The first-order valence-electron chi connectivity index (χ1n) is 6.71. The van der Waals surface area contributed by atoms with Crippen molar-refractivity contribution in [3.8, 4) is 0 Å². The third-order valence-corrected chi connectivity index (χ3v) is 3.83. The Bertz CT molecular complexity index is 313. The zero-order chi connectivity index (χ0) is 12.4. The van der Waals surface area contributed by atoms with E-state index in [-0.39, 0.29) is 17.9 Å². The van der Waals surface area contributed by atoms with E-state index in [0.717, 1.165) is 18.8 Å². The van der Waals surface area contributed by atoms with Crippen LogP contribution >= 0.6 is 0 Å². The van der Waals surface area contributed by atoms with Gasteiger partial charge in [-0.25, -0.2) is 0 Å². The summed E-state index contributed by atoms with van der Waals surface area (Å²) >= 11 is 0. The Morgan fingerprint density at radius 3 is 2.71 bits per heavy atom. The first kappa shape index (κ1) is 12.4. The van der Waals surface area contributed by atoms with Gasteiger partial charge in [-0.2, -0.15) is 0 Å². The second-order valence-electron chi connectivity index (χ2n) is 5.31. The standard InChI is InChI=1S/C13H22N2O2/c1-3-11(8-10-4-5-10)15-7-6-12(16)14-9(2)13(15)17/h9-11H,3-8H2,1-2H3,(H,14,16). The van der Waals surface area contributed by atoms with Gasteiger partial charge in [-0.3, -0.25) is 9.59 Å². The van der Waals surface area contributed by atoms with Gasteiger partial charge in [0.05, 0.1) is 0 Å².